The first-order chi connectivity index (χ1) is 15.0. The summed E-state index contributed by atoms with van der Waals surface area (Å²) in [5, 5.41) is 10.4. The third-order valence-electron chi connectivity index (χ3n) is 5.39. The van der Waals surface area contributed by atoms with Crippen molar-refractivity contribution >= 4 is 56.7 Å². The van der Waals surface area contributed by atoms with Crippen LogP contribution in [-0.4, -0.2) is 51.6 Å². The number of likely N-dealkylation sites (N-methyl/N-ethyl adjacent to an activating group) is 1. The van der Waals surface area contributed by atoms with Gasteiger partial charge in [-0.3, -0.25) is 9.59 Å². The largest absolute Gasteiger partial charge is 0.468 e. The summed E-state index contributed by atoms with van der Waals surface area (Å²) in [6.45, 7) is 1.85. The van der Waals surface area contributed by atoms with Gasteiger partial charge < -0.3 is 9.64 Å². The molecule has 0 spiro atoms. The number of quaternary nitrogens is 1. The molecule has 0 fully saturated rings. The highest BCUT2D eigenvalue weighted by Gasteiger charge is 2.28. The Kier molecular flexibility index (Phi) is 5.25. The summed E-state index contributed by atoms with van der Waals surface area (Å²) in [5.74, 6) is 0.149. The van der Waals surface area contributed by atoms with Gasteiger partial charge in [0.15, 0.2) is 5.16 Å². The van der Waals surface area contributed by atoms with Gasteiger partial charge in [-0.2, -0.15) is 0 Å². The van der Waals surface area contributed by atoms with Crippen molar-refractivity contribution in [2.75, 3.05) is 26.5 Å². The van der Waals surface area contributed by atoms with Crippen LogP contribution in [0.5, 0.6) is 0 Å². The Labute approximate surface area is 190 Å². The van der Waals surface area contributed by atoms with E-state index in [1.165, 1.54) is 28.6 Å². The number of hydrogen-bond acceptors (Lipinski definition) is 7. The third kappa shape index (κ3) is 3.43. The van der Waals surface area contributed by atoms with Gasteiger partial charge in [-0.1, -0.05) is 29.4 Å². The zero-order valence-electron chi connectivity index (χ0n) is 16.8. The van der Waals surface area contributed by atoms with Crippen LogP contribution < -0.4 is 10.5 Å². The standard InChI is InChI=1S/C20H18ClN5O3S2/c1-24-7-6-13-14(9-24)31-18-16(13)17(28)25(12-5-3-4-11(21)8-12)19-22-23-20(26(18)19)30-10-15(27)29-2/h3-5,8H,6-7,9-10H2,1-2H3/p+1. The first kappa shape index (κ1) is 20.5. The molecule has 1 aliphatic heterocycles. The summed E-state index contributed by atoms with van der Waals surface area (Å²) in [7, 11) is 3.51. The lowest BCUT2D eigenvalue weighted by molar-refractivity contribution is -0.895. The van der Waals surface area contributed by atoms with Gasteiger partial charge in [0.2, 0.25) is 5.78 Å². The van der Waals surface area contributed by atoms with E-state index in [4.69, 9.17) is 16.3 Å². The summed E-state index contributed by atoms with van der Waals surface area (Å²) in [6.07, 6.45) is 0.838. The number of fused-ring (bicyclic) bond motifs is 5. The maximum absolute atomic E-state index is 13.7. The van der Waals surface area contributed by atoms with Gasteiger partial charge in [0.05, 0.1) is 42.4 Å². The summed E-state index contributed by atoms with van der Waals surface area (Å²) in [6, 6.07) is 7.13. The van der Waals surface area contributed by atoms with Crippen LogP contribution in [0.25, 0.3) is 21.7 Å². The fourth-order valence-corrected chi connectivity index (χ4v) is 6.35. The zero-order valence-corrected chi connectivity index (χ0v) is 19.2. The van der Waals surface area contributed by atoms with Crippen molar-refractivity contribution in [1.82, 2.24) is 19.2 Å². The van der Waals surface area contributed by atoms with Crippen LogP contribution in [0.1, 0.15) is 10.4 Å². The van der Waals surface area contributed by atoms with E-state index in [9.17, 15) is 9.59 Å². The van der Waals surface area contributed by atoms with Crippen molar-refractivity contribution in [2.24, 2.45) is 0 Å². The summed E-state index contributed by atoms with van der Waals surface area (Å²) in [4.78, 5) is 28.9. The van der Waals surface area contributed by atoms with E-state index in [1.54, 1.807) is 34.1 Å². The number of thioether (sulfide) groups is 1. The molecule has 1 aliphatic rings. The number of carbonyl (C=O) groups is 1. The molecule has 160 valence electrons. The summed E-state index contributed by atoms with van der Waals surface area (Å²) < 4.78 is 8.20. The molecule has 1 atom stereocenters. The molecule has 0 saturated carbocycles. The average Bonchev–Trinajstić information content (AvgIpc) is 3.33. The number of carbonyl (C=O) groups excluding carboxylic acids is 1. The van der Waals surface area contributed by atoms with Crippen molar-refractivity contribution in [1.29, 1.82) is 0 Å². The Bertz CT molecular complexity index is 1390. The van der Waals surface area contributed by atoms with Crippen LogP contribution in [0.4, 0.5) is 0 Å². The van der Waals surface area contributed by atoms with E-state index in [0.717, 1.165) is 29.9 Å². The van der Waals surface area contributed by atoms with Crippen molar-refractivity contribution in [3.8, 4) is 5.69 Å². The molecule has 11 heteroatoms. The first-order valence-corrected chi connectivity index (χ1v) is 11.9. The number of nitrogens with one attached hydrogen (secondary N) is 1. The van der Waals surface area contributed by atoms with Crippen LogP contribution in [0.2, 0.25) is 5.02 Å². The van der Waals surface area contributed by atoms with Gasteiger partial charge in [0, 0.05) is 11.4 Å². The number of esters is 1. The molecule has 0 radical (unpaired) electrons. The average molecular weight is 477 g/mol. The van der Waals surface area contributed by atoms with Gasteiger partial charge >= 0.3 is 5.97 Å². The Balaban J connectivity index is 1.84. The van der Waals surface area contributed by atoms with Crippen LogP contribution >= 0.6 is 34.7 Å². The molecule has 31 heavy (non-hydrogen) atoms. The lowest BCUT2D eigenvalue weighted by Gasteiger charge is -2.19. The topological polar surface area (TPSA) is 82.9 Å². The quantitative estimate of drug-likeness (QED) is 0.356. The Hall–Kier alpha value is -2.40. The number of halogens is 1. The van der Waals surface area contributed by atoms with Gasteiger partial charge in [0.1, 0.15) is 11.4 Å². The van der Waals surface area contributed by atoms with Gasteiger partial charge in [-0.05, 0) is 23.8 Å². The number of rotatable bonds is 4. The van der Waals surface area contributed by atoms with Crippen LogP contribution in [0.3, 0.4) is 0 Å². The molecule has 8 nitrogen and oxygen atoms in total. The molecule has 0 aliphatic carbocycles. The maximum atomic E-state index is 13.7. The lowest BCUT2D eigenvalue weighted by Crippen LogP contribution is -3.08. The van der Waals surface area contributed by atoms with E-state index in [2.05, 4.69) is 17.2 Å². The van der Waals surface area contributed by atoms with Crippen LogP contribution in [0, 0.1) is 0 Å². The third-order valence-corrected chi connectivity index (χ3v) is 7.74. The zero-order chi connectivity index (χ0) is 21.7. The molecule has 1 N–H and O–H groups in total. The van der Waals surface area contributed by atoms with E-state index in [-0.39, 0.29) is 17.3 Å². The first-order valence-electron chi connectivity index (χ1n) is 9.69. The minimum Gasteiger partial charge on any atom is -0.468 e. The van der Waals surface area contributed by atoms with Gasteiger partial charge in [-0.15, -0.1) is 21.5 Å². The SMILES string of the molecule is COC(=O)CSc1nnc2n(-c3cccc(Cl)c3)c(=O)c3c4c(sc3n12)C[NH+](C)CC4. The molecule has 0 amide bonds. The van der Waals surface area contributed by atoms with Crippen molar-refractivity contribution in [3.63, 3.8) is 0 Å². The normalized spacial score (nSPS) is 16.0. The highest BCUT2D eigenvalue weighted by Crippen LogP contribution is 2.33. The van der Waals surface area contributed by atoms with Crippen LogP contribution in [-0.2, 0) is 22.5 Å². The van der Waals surface area contributed by atoms with Crippen molar-refractivity contribution in [3.05, 3.63) is 50.1 Å². The van der Waals surface area contributed by atoms with E-state index < -0.39 is 0 Å². The minimum absolute atomic E-state index is 0.104. The molecule has 1 unspecified atom stereocenters. The van der Waals surface area contributed by atoms with Crippen molar-refractivity contribution in [2.45, 2.75) is 18.1 Å². The number of ether oxygens (including phenoxy) is 1. The van der Waals surface area contributed by atoms with E-state index in [1.807, 2.05) is 10.5 Å². The second-order valence-corrected chi connectivity index (χ2v) is 9.88. The predicted molar refractivity (Wildman–Crippen MR) is 121 cm³/mol. The molecule has 3 aromatic heterocycles. The van der Waals surface area contributed by atoms with Gasteiger partial charge in [-0.25, -0.2) is 8.97 Å². The number of thiophene rings is 1. The molecule has 0 bridgehead atoms. The molecule has 4 aromatic rings. The highest BCUT2D eigenvalue weighted by atomic mass is 35.5. The minimum atomic E-state index is -0.350. The van der Waals surface area contributed by atoms with Crippen molar-refractivity contribution < 1.29 is 14.4 Å². The Morgan fingerprint density at radius 3 is 3.00 bits per heavy atom. The van der Waals surface area contributed by atoms with Crippen LogP contribution in [0.15, 0.2) is 34.2 Å². The molecular formula is C20H19ClN5O3S2+. The molecule has 5 rings (SSSR count). The Morgan fingerprint density at radius 1 is 1.39 bits per heavy atom. The smallest absolute Gasteiger partial charge is 0.316 e. The van der Waals surface area contributed by atoms with E-state index in [0.29, 0.717) is 27.0 Å². The second-order valence-electron chi connectivity index (χ2n) is 7.42. The summed E-state index contributed by atoms with van der Waals surface area (Å²) in [5.41, 5.74) is 1.60. The number of methoxy groups -OCH3 is 1. The number of aromatic nitrogens is 4. The molecule has 0 saturated heterocycles. The number of nitrogens with zero attached hydrogens (tertiary/aromatic N) is 4. The number of benzene rings is 1. The van der Waals surface area contributed by atoms with E-state index >= 15 is 0 Å². The molecular weight excluding hydrogens is 458 g/mol. The molecule has 4 heterocycles. The maximum Gasteiger partial charge on any atom is 0.316 e. The highest BCUT2D eigenvalue weighted by molar-refractivity contribution is 7.99. The van der Waals surface area contributed by atoms with Gasteiger partial charge in [0.25, 0.3) is 5.56 Å². The Morgan fingerprint density at radius 2 is 2.23 bits per heavy atom. The fraction of sp³-hybridized carbons (Fsp3) is 0.300. The monoisotopic (exact) mass is 476 g/mol. The predicted octanol–water partition coefficient (Wildman–Crippen LogP) is 1.58. The summed E-state index contributed by atoms with van der Waals surface area (Å²) >= 11 is 9.06. The second kappa shape index (κ2) is 7.94. The lowest BCUT2D eigenvalue weighted by atomic mass is 10.1. The fourth-order valence-electron chi connectivity index (χ4n) is 3.90. The molecule has 1 aromatic carbocycles. The number of hydrogen-bond donors (Lipinski definition) is 1.